The Kier molecular flexibility index (Phi) is 3.60. The Balaban J connectivity index is 1.81. The quantitative estimate of drug-likeness (QED) is 0.708. The topological polar surface area (TPSA) is 32.3 Å². The van der Waals surface area contributed by atoms with E-state index in [1.807, 2.05) is 0 Å². The SMILES string of the molecule is CC1CCCC(NC2CC(O)C2(C)C)CC1. The maximum absolute atomic E-state index is 9.73. The molecule has 16 heavy (non-hydrogen) atoms. The lowest BCUT2D eigenvalue weighted by atomic mass is 9.64. The number of hydrogen-bond donors (Lipinski definition) is 2. The van der Waals surface area contributed by atoms with Crippen LogP contribution in [0.15, 0.2) is 0 Å². The summed E-state index contributed by atoms with van der Waals surface area (Å²) < 4.78 is 0. The summed E-state index contributed by atoms with van der Waals surface area (Å²) in [7, 11) is 0. The zero-order chi connectivity index (χ0) is 11.8. The van der Waals surface area contributed by atoms with Gasteiger partial charge in [-0.3, -0.25) is 0 Å². The molecule has 2 N–H and O–H groups in total. The molecule has 2 fully saturated rings. The molecule has 0 spiro atoms. The average molecular weight is 225 g/mol. The molecule has 0 aromatic carbocycles. The second-order valence-electron chi connectivity index (χ2n) is 6.60. The molecule has 2 aliphatic carbocycles. The number of aliphatic hydroxyl groups is 1. The molecule has 0 heterocycles. The average Bonchev–Trinajstić information content (AvgIpc) is 2.43. The standard InChI is InChI=1S/C14H27NO/c1-10-5-4-6-11(8-7-10)15-12-9-13(16)14(12,2)3/h10-13,15-16H,4-9H2,1-3H3. The minimum atomic E-state index is -0.102. The van der Waals surface area contributed by atoms with E-state index < -0.39 is 0 Å². The Bertz CT molecular complexity index is 239. The Morgan fingerprint density at radius 2 is 1.88 bits per heavy atom. The van der Waals surface area contributed by atoms with Crippen molar-refractivity contribution in [3.05, 3.63) is 0 Å². The van der Waals surface area contributed by atoms with Gasteiger partial charge >= 0.3 is 0 Å². The van der Waals surface area contributed by atoms with Crippen molar-refractivity contribution in [1.29, 1.82) is 0 Å². The van der Waals surface area contributed by atoms with E-state index >= 15 is 0 Å². The summed E-state index contributed by atoms with van der Waals surface area (Å²) in [5.41, 5.74) is 0.0813. The second kappa shape index (κ2) is 4.66. The molecule has 0 amide bonds. The molecule has 0 saturated heterocycles. The van der Waals surface area contributed by atoms with E-state index in [2.05, 4.69) is 26.1 Å². The first-order chi connectivity index (χ1) is 7.50. The second-order valence-corrected chi connectivity index (χ2v) is 6.60. The smallest absolute Gasteiger partial charge is 0.0621 e. The van der Waals surface area contributed by atoms with Gasteiger partial charge in [-0.05, 0) is 31.6 Å². The predicted molar refractivity (Wildman–Crippen MR) is 67.4 cm³/mol. The van der Waals surface area contributed by atoms with Gasteiger partial charge in [0, 0.05) is 17.5 Å². The lowest BCUT2D eigenvalue weighted by molar-refractivity contribution is -0.0763. The number of nitrogens with one attached hydrogen (secondary N) is 1. The maximum atomic E-state index is 9.73. The Morgan fingerprint density at radius 1 is 1.12 bits per heavy atom. The lowest BCUT2D eigenvalue weighted by Gasteiger charge is -2.51. The molecule has 2 heteroatoms. The number of aliphatic hydroxyl groups excluding tert-OH is 1. The van der Waals surface area contributed by atoms with Gasteiger partial charge in [0.25, 0.3) is 0 Å². The highest BCUT2D eigenvalue weighted by Crippen LogP contribution is 2.41. The molecule has 0 radical (unpaired) electrons. The predicted octanol–water partition coefficient (Wildman–Crippen LogP) is 2.70. The number of hydrogen-bond acceptors (Lipinski definition) is 2. The molecule has 0 aliphatic heterocycles. The van der Waals surface area contributed by atoms with Crippen molar-refractivity contribution >= 4 is 0 Å². The summed E-state index contributed by atoms with van der Waals surface area (Å²) in [6.45, 7) is 6.73. The van der Waals surface area contributed by atoms with Gasteiger partial charge in [0.05, 0.1) is 6.10 Å². The van der Waals surface area contributed by atoms with Gasteiger partial charge in [-0.2, -0.15) is 0 Å². The van der Waals surface area contributed by atoms with Crippen LogP contribution in [0, 0.1) is 11.3 Å². The van der Waals surface area contributed by atoms with Gasteiger partial charge < -0.3 is 10.4 Å². The van der Waals surface area contributed by atoms with E-state index in [4.69, 9.17) is 0 Å². The van der Waals surface area contributed by atoms with Gasteiger partial charge in [-0.15, -0.1) is 0 Å². The Morgan fingerprint density at radius 3 is 2.50 bits per heavy atom. The third kappa shape index (κ3) is 2.43. The van der Waals surface area contributed by atoms with E-state index in [1.165, 1.54) is 32.1 Å². The maximum Gasteiger partial charge on any atom is 0.0621 e. The third-order valence-corrected chi connectivity index (χ3v) is 4.91. The largest absolute Gasteiger partial charge is 0.392 e. The van der Waals surface area contributed by atoms with Crippen LogP contribution in [0.5, 0.6) is 0 Å². The van der Waals surface area contributed by atoms with Crippen LogP contribution in [-0.2, 0) is 0 Å². The van der Waals surface area contributed by atoms with Gasteiger partial charge in [0.15, 0.2) is 0 Å². The highest BCUT2D eigenvalue weighted by Gasteiger charge is 2.47. The van der Waals surface area contributed by atoms with Crippen LogP contribution in [-0.4, -0.2) is 23.3 Å². The molecule has 2 aliphatic rings. The summed E-state index contributed by atoms with van der Waals surface area (Å²) in [5.74, 6) is 0.909. The molecular weight excluding hydrogens is 198 g/mol. The molecule has 4 unspecified atom stereocenters. The lowest BCUT2D eigenvalue weighted by Crippen LogP contribution is -2.61. The molecule has 0 bridgehead atoms. The van der Waals surface area contributed by atoms with E-state index in [9.17, 15) is 5.11 Å². The first-order valence-corrected chi connectivity index (χ1v) is 6.94. The minimum absolute atomic E-state index is 0.0813. The van der Waals surface area contributed by atoms with Crippen molar-refractivity contribution in [2.45, 2.75) is 77.5 Å². The molecule has 0 aromatic heterocycles. The highest BCUT2D eigenvalue weighted by molar-refractivity contribution is 5.02. The minimum Gasteiger partial charge on any atom is -0.392 e. The van der Waals surface area contributed by atoms with Crippen LogP contribution in [0.2, 0.25) is 0 Å². The van der Waals surface area contributed by atoms with Crippen molar-refractivity contribution in [2.75, 3.05) is 0 Å². The van der Waals surface area contributed by atoms with Crippen LogP contribution >= 0.6 is 0 Å². The Hall–Kier alpha value is -0.0800. The highest BCUT2D eigenvalue weighted by atomic mass is 16.3. The summed E-state index contributed by atoms with van der Waals surface area (Å²) in [6.07, 6.45) is 7.63. The summed E-state index contributed by atoms with van der Waals surface area (Å²) in [5, 5.41) is 13.5. The molecule has 2 nitrogen and oxygen atoms in total. The monoisotopic (exact) mass is 225 g/mol. The van der Waals surface area contributed by atoms with Crippen LogP contribution in [0.1, 0.15) is 59.3 Å². The third-order valence-electron chi connectivity index (χ3n) is 4.91. The number of rotatable bonds is 2. The molecule has 4 atom stereocenters. The van der Waals surface area contributed by atoms with E-state index in [0.29, 0.717) is 12.1 Å². The molecule has 2 saturated carbocycles. The molecule has 0 aromatic rings. The van der Waals surface area contributed by atoms with Crippen molar-refractivity contribution < 1.29 is 5.11 Å². The molecule has 2 rings (SSSR count). The van der Waals surface area contributed by atoms with Gasteiger partial charge in [-0.25, -0.2) is 0 Å². The van der Waals surface area contributed by atoms with Gasteiger partial charge in [0.1, 0.15) is 0 Å². The van der Waals surface area contributed by atoms with Gasteiger partial charge in [0.2, 0.25) is 0 Å². The zero-order valence-electron chi connectivity index (χ0n) is 11.0. The summed E-state index contributed by atoms with van der Waals surface area (Å²) in [6, 6.07) is 1.22. The first kappa shape index (κ1) is 12.4. The fourth-order valence-corrected chi connectivity index (χ4v) is 3.12. The fourth-order valence-electron chi connectivity index (χ4n) is 3.12. The fraction of sp³-hybridized carbons (Fsp3) is 1.00. The van der Waals surface area contributed by atoms with Crippen molar-refractivity contribution in [2.24, 2.45) is 11.3 Å². The van der Waals surface area contributed by atoms with Crippen LogP contribution in [0.3, 0.4) is 0 Å². The molecular formula is C14H27NO. The van der Waals surface area contributed by atoms with Crippen LogP contribution in [0.25, 0.3) is 0 Å². The normalized spacial score (nSPS) is 43.5. The zero-order valence-corrected chi connectivity index (χ0v) is 11.0. The van der Waals surface area contributed by atoms with Crippen LogP contribution < -0.4 is 5.32 Å². The van der Waals surface area contributed by atoms with Crippen molar-refractivity contribution in [1.82, 2.24) is 5.32 Å². The molecule has 94 valence electrons. The summed E-state index contributed by atoms with van der Waals surface area (Å²) >= 11 is 0. The van der Waals surface area contributed by atoms with E-state index in [-0.39, 0.29) is 11.5 Å². The first-order valence-electron chi connectivity index (χ1n) is 6.94. The van der Waals surface area contributed by atoms with Crippen molar-refractivity contribution in [3.8, 4) is 0 Å². The van der Waals surface area contributed by atoms with Gasteiger partial charge in [-0.1, -0.05) is 33.6 Å². The van der Waals surface area contributed by atoms with Crippen molar-refractivity contribution in [3.63, 3.8) is 0 Å². The van der Waals surface area contributed by atoms with Crippen LogP contribution in [0.4, 0.5) is 0 Å². The van der Waals surface area contributed by atoms with E-state index in [0.717, 1.165) is 12.3 Å². The van der Waals surface area contributed by atoms with E-state index in [1.54, 1.807) is 0 Å². The Labute approximate surface area is 99.8 Å². The summed E-state index contributed by atoms with van der Waals surface area (Å²) in [4.78, 5) is 0.